The number of fused-ring (bicyclic) bond motifs is 1. The molecule has 2 rings (SSSR count). The van der Waals surface area contributed by atoms with Crippen molar-refractivity contribution >= 4 is 5.65 Å². The molecule has 0 saturated heterocycles. The summed E-state index contributed by atoms with van der Waals surface area (Å²) in [5.74, 6) is 0. The first-order valence-electron chi connectivity index (χ1n) is 4.71. The molecule has 3 nitrogen and oxygen atoms in total. The third-order valence-electron chi connectivity index (χ3n) is 2.31. The van der Waals surface area contributed by atoms with E-state index >= 15 is 0 Å². The highest BCUT2D eigenvalue weighted by Gasteiger charge is 2.18. The average molecular weight is 189 g/mol. The van der Waals surface area contributed by atoms with Gasteiger partial charge in [0.25, 0.3) is 0 Å². The van der Waals surface area contributed by atoms with E-state index in [0.717, 1.165) is 11.3 Å². The molecule has 0 saturated carbocycles. The SMILES string of the molecule is Cc1ccc2ncc(C(C)(C)N)n2c1. The molecule has 3 heteroatoms. The molecule has 74 valence electrons. The molecular weight excluding hydrogens is 174 g/mol. The van der Waals surface area contributed by atoms with Gasteiger partial charge in [-0.2, -0.15) is 0 Å². The first kappa shape index (κ1) is 9.21. The van der Waals surface area contributed by atoms with Crippen molar-refractivity contribution in [1.29, 1.82) is 0 Å². The molecule has 2 aromatic heterocycles. The standard InChI is InChI=1S/C11H15N3/c1-8-4-5-10-13-6-9(11(2,3)12)14(10)7-8/h4-7H,12H2,1-3H3. The summed E-state index contributed by atoms with van der Waals surface area (Å²) in [5, 5.41) is 0. The highest BCUT2D eigenvalue weighted by molar-refractivity contribution is 5.42. The molecule has 0 fully saturated rings. The van der Waals surface area contributed by atoms with Gasteiger partial charge in [-0.3, -0.25) is 0 Å². The lowest BCUT2D eigenvalue weighted by Gasteiger charge is -2.17. The largest absolute Gasteiger partial charge is 0.321 e. The molecular formula is C11H15N3. The van der Waals surface area contributed by atoms with Crippen LogP contribution in [0.15, 0.2) is 24.5 Å². The Morgan fingerprint density at radius 3 is 2.71 bits per heavy atom. The van der Waals surface area contributed by atoms with Gasteiger partial charge in [0.15, 0.2) is 0 Å². The normalized spacial score (nSPS) is 12.3. The predicted molar refractivity (Wildman–Crippen MR) is 57.1 cm³/mol. The minimum atomic E-state index is -0.354. The molecule has 2 aromatic rings. The van der Waals surface area contributed by atoms with Crippen LogP contribution in [-0.2, 0) is 5.54 Å². The Bertz CT molecular complexity index is 463. The molecule has 14 heavy (non-hydrogen) atoms. The molecule has 0 bridgehead atoms. The fraction of sp³-hybridized carbons (Fsp3) is 0.364. The minimum Gasteiger partial charge on any atom is -0.321 e. The maximum Gasteiger partial charge on any atom is 0.136 e. The van der Waals surface area contributed by atoms with Crippen LogP contribution in [-0.4, -0.2) is 9.38 Å². The Balaban J connectivity index is 2.73. The maximum atomic E-state index is 6.06. The van der Waals surface area contributed by atoms with E-state index in [0.29, 0.717) is 0 Å². The number of nitrogens with two attached hydrogens (primary N) is 1. The zero-order valence-corrected chi connectivity index (χ0v) is 8.78. The number of aryl methyl sites for hydroxylation is 1. The number of aromatic nitrogens is 2. The second kappa shape index (κ2) is 2.82. The molecule has 0 aliphatic heterocycles. The molecule has 0 atom stereocenters. The summed E-state index contributed by atoms with van der Waals surface area (Å²) in [5.41, 5.74) is 8.90. The van der Waals surface area contributed by atoms with Crippen LogP contribution >= 0.6 is 0 Å². The summed E-state index contributed by atoms with van der Waals surface area (Å²) < 4.78 is 2.05. The third kappa shape index (κ3) is 1.40. The van der Waals surface area contributed by atoms with Crippen molar-refractivity contribution in [3.63, 3.8) is 0 Å². The van der Waals surface area contributed by atoms with Crippen molar-refractivity contribution in [2.45, 2.75) is 26.3 Å². The zero-order valence-electron chi connectivity index (χ0n) is 8.78. The smallest absolute Gasteiger partial charge is 0.136 e. The Morgan fingerprint density at radius 1 is 1.36 bits per heavy atom. The Labute approximate surface area is 83.6 Å². The van der Waals surface area contributed by atoms with Crippen LogP contribution in [0.1, 0.15) is 25.1 Å². The van der Waals surface area contributed by atoms with Gasteiger partial charge >= 0.3 is 0 Å². The van der Waals surface area contributed by atoms with E-state index < -0.39 is 0 Å². The van der Waals surface area contributed by atoms with Crippen molar-refractivity contribution in [3.8, 4) is 0 Å². The lowest BCUT2D eigenvalue weighted by molar-refractivity contribution is 0.530. The minimum absolute atomic E-state index is 0.354. The van der Waals surface area contributed by atoms with E-state index in [-0.39, 0.29) is 5.54 Å². The molecule has 0 radical (unpaired) electrons. The Hall–Kier alpha value is -1.35. The number of pyridine rings is 1. The zero-order chi connectivity index (χ0) is 10.3. The fourth-order valence-corrected chi connectivity index (χ4v) is 1.56. The summed E-state index contributed by atoms with van der Waals surface area (Å²) in [6.07, 6.45) is 3.90. The number of hydrogen-bond acceptors (Lipinski definition) is 2. The monoisotopic (exact) mass is 189 g/mol. The molecule has 2 heterocycles. The topological polar surface area (TPSA) is 43.3 Å². The van der Waals surface area contributed by atoms with Crippen molar-refractivity contribution in [1.82, 2.24) is 9.38 Å². The summed E-state index contributed by atoms with van der Waals surface area (Å²) in [6.45, 7) is 6.03. The van der Waals surface area contributed by atoms with Gasteiger partial charge in [-0.15, -0.1) is 0 Å². The molecule has 0 aliphatic rings. The van der Waals surface area contributed by atoms with Gasteiger partial charge in [-0.25, -0.2) is 4.98 Å². The highest BCUT2D eigenvalue weighted by atomic mass is 15.0. The van der Waals surface area contributed by atoms with Crippen LogP contribution in [0.2, 0.25) is 0 Å². The number of imidazole rings is 1. The van der Waals surface area contributed by atoms with Crippen molar-refractivity contribution in [2.75, 3.05) is 0 Å². The van der Waals surface area contributed by atoms with E-state index in [9.17, 15) is 0 Å². The molecule has 0 aliphatic carbocycles. The quantitative estimate of drug-likeness (QED) is 0.743. The highest BCUT2D eigenvalue weighted by Crippen LogP contribution is 2.18. The maximum absolute atomic E-state index is 6.06. The van der Waals surface area contributed by atoms with Crippen LogP contribution in [0, 0.1) is 6.92 Å². The van der Waals surface area contributed by atoms with E-state index in [1.807, 2.05) is 26.1 Å². The van der Waals surface area contributed by atoms with Gasteiger partial charge in [0, 0.05) is 6.20 Å². The second-order valence-electron chi connectivity index (χ2n) is 4.30. The number of rotatable bonds is 1. The van der Waals surface area contributed by atoms with Crippen molar-refractivity contribution in [3.05, 3.63) is 35.8 Å². The third-order valence-corrected chi connectivity index (χ3v) is 2.31. The Morgan fingerprint density at radius 2 is 2.07 bits per heavy atom. The van der Waals surface area contributed by atoms with Crippen LogP contribution in [0.3, 0.4) is 0 Å². The molecule has 0 spiro atoms. The summed E-state index contributed by atoms with van der Waals surface area (Å²) in [7, 11) is 0. The number of nitrogens with zero attached hydrogens (tertiary/aromatic N) is 2. The van der Waals surface area contributed by atoms with Crippen molar-refractivity contribution in [2.24, 2.45) is 5.73 Å². The van der Waals surface area contributed by atoms with Crippen LogP contribution < -0.4 is 5.73 Å². The summed E-state index contributed by atoms with van der Waals surface area (Å²) >= 11 is 0. The van der Waals surface area contributed by atoms with Gasteiger partial charge in [-0.1, -0.05) is 6.07 Å². The first-order chi connectivity index (χ1) is 6.48. The van der Waals surface area contributed by atoms with E-state index in [4.69, 9.17) is 5.73 Å². The molecule has 2 N–H and O–H groups in total. The number of hydrogen-bond donors (Lipinski definition) is 1. The van der Waals surface area contributed by atoms with E-state index in [1.165, 1.54) is 5.56 Å². The van der Waals surface area contributed by atoms with E-state index in [2.05, 4.69) is 28.6 Å². The molecule has 0 aromatic carbocycles. The van der Waals surface area contributed by atoms with Gasteiger partial charge in [0.1, 0.15) is 5.65 Å². The van der Waals surface area contributed by atoms with Crippen LogP contribution in [0.4, 0.5) is 0 Å². The first-order valence-corrected chi connectivity index (χ1v) is 4.71. The molecule has 0 amide bonds. The van der Waals surface area contributed by atoms with Crippen LogP contribution in [0.5, 0.6) is 0 Å². The van der Waals surface area contributed by atoms with Crippen LogP contribution in [0.25, 0.3) is 5.65 Å². The predicted octanol–water partition coefficient (Wildman–Crippen LogP) is 1.84. The second-order valence-corrected chi connectivity index (χ2v) is 4.30. The van der Waals surface area contributed by atoms with Gasteiger partial charge < -0.3 is 10.1 Å². The van der Waals surface area contributed by atoms with E-state index in [1.54, 1.807) is 0 Å². The lowest BCUT2D eigenvalue weighted by atomic mass is 10.0. The van der Waals surface area contributed by atoms with Gasteiger partial charge in [0.05, 0.1) is 17.4 Å². The van der Waals surface area contributed by atoms with Crippen molar-refractivity contribution < 1.29 is 0 Å². The average Bonchev–Trinajstić information content (AvgIpc) is 2.45. The lowest BCUT2D eigenvalue weighted by Crippen LogP contribution is -2.30. The Kier molecular flexibility index (Phi) is 1.86. The fourth-order valence-electron chi connectivity index (χ4n) is 1.56. The van der Waals surface area contributed by atoms with Gasteiger partial charge in [-0.05, 0) is 32.4 Å². The summed E-state index contributed by atoms with van der Waals surface area (Å²) in [4.78, 5) is 4.31. The van der Waals surface area contributed by atoms with Gasteiger partial charge in [0.2, 0.25) is 0 Å². The molecule has 0 unspecified atom stereocenters. The summed E-state index contributed by atoms with van der Waals surface area (Å²) in [6, 6.07) is 4.06.